The van der Waals surface area contributed by atoms with Crippen LogP contribution in [0.2, 0.25) is 0 Å². The molecule has 4 heterocycles. The molecule has 2 saturated heterocycles. The van der Waals surface area contributed by atoms with Gasteiger partial charge < -0.3 is 29.8 Å². The Morgan fingerprint density at radius 1 is 1.30 bits per heavy atom. The van der Waals surface area contributed by atoms with Crippen molar-refractivity contribution in [2.24, 2.45) is 5.92 Å². The van der Waals surface area contributed by atoms with E-state index >= 15 is 0 Å². The van der Waals surface area contributed by atoms with Crippen molar-refractivity contribution in [2.75, 3.05) is 31.6 Å². The third-order valence-corrected chi connectivity index (χ3v) is 8.49. The number of aryl methyl sites for hydroxylation is 1. The minimum absolute atomic E-state index is 0.0142. The fraction of sp³-hybridized carbons (Fsp3) is 0.516. The van der Waals surface area contributed by atoms with E-state index in [-0.39, 0.29) is 55.3 Å². The highest BCUT2D eigenvalue weighted by molar-refractivity contribution is 5.97. The number of nitrogens with one attached hydrogen (secondary N) is 2. The molecule has 0 radical (unpaired) electrons. The summed E-state index contributed by atoms with van der Waals surface area (Å²) in [5.41, 5.74) is -2.89. The number of nitrogens with zero attached hydrogens (tertiary/aromatic N) is 4. The molecule has 12 nitrogen and oxygen atoms in total. The maximum Gasteiger partial charge on any atom is 0.419 e. The van der Waals surface area contributed by atoms with Crippen molar-refractivity contribution in [1.82, 2.24) is 19.7 Å². The van der Waals surface area contributed by atoms with E-state index in [1.165, 1.54) is 18.3 Å². The zero-order chi connectivity index (χ0) is 33.4. The van der Waals surface area contributed by atoms with Crippen LogP contribution in [-0.2, 0) is 19.8 Å². The van der Waals surface area contributed by atoms with E-state index in [9.17, 15) is 37.9 Å². The van der Waals surface area contributed by atoms with Crippen molar-refractivity contribution in [3.8, 4) is 6.07 Å². The predicted molar refractivity (Wildman–Crippen MR) is 159 cm³/mol. The van der Waals surface area contributed by atoms with Crippen molar-refractivity contribution in [1.29, 1.82) is 5.26 Å². The smallest absolute Gasteiger partial charge is 0.419 e. The number of aromatic nitrogens is 3. The van der Waals surface area contributed by atoms with Gasteiger partial charge in [-0.15, -0.1) is 0 Å². The van der Waals surface area contributed by atoms with Gasteiger partial charge in [-0.05, 0) is 55.5 Å². The van der Waals surface area contributed by atoms with Gasteiger partial charge in [0, 0.05) is 30.4 Å². The monoisotopic (exact) mass is 644 g/mol. The van der Waals surface area contributed by atoms with Gasteiger partial charge in [0.05, 0.1) is 43.3 Å². The normalized spacial score (nSPS) is 23.5. The van der Waals surface area contributed by atoms with Crippen LogP contribution in [0.4, 0.5) is 24.7 Å². The van der Waals surface area contributed by atoms with E-state index in [1.54, 1.807) is 23.7 Å². The molecule has 1 amide bonds. The van der Waals surface area contributed by atoms with E-state index in [4.69, 9.17) is 14.6 Å². The summed E-state index contributed by atoms with van der Waals surface area (Å²) in [6.45, 7) is 4.61. The number of anilines is 2. The van der Waals surface area contributed by atoms with Crippen LogP contribution in [-0.4, -0.2) is 80.8 Å². The van der Waals surface area contributed by atoms with Gasteiger partial charge in [-0.1, -0.05) is 13.8 Å². The van der Waals surface area contributed by atoms with Gasteiger partial charge in [-0.3, -0.25) is 14.3 Å². The Morgan fingerprint density at radius 3 is 2.67 bits per heavy atom. The zero-order valence-electron chi connectivity index (χ0n) is 25.6. The summed E-state index contributed by atoms with van der Waals surface area (Å²) in [6, 6.07) is 8.43. The Hall–Kier alpha value is -4.42. The Bertz CT molecular complexity index is 1740. The molecule has 0 spiro atoms. The topological polar surface area (TPSA) is 163 Å². The number of hydrogen-bond acceptors (Lipinski definition) is 9. The number of nitriles is 1. The number of aliphatic hydroxyl groups is 1. The molecule has 0 saturated carbocycles. The highest BCUT2D eigenvalue weighted by Gasteiger charge is 2.58. The molecule has 0 aliphatic carbocycles. The Labute approximate surface area is 262 Å². The largest absolute Gasteiger partial charge is 0.463 e. The fourth-order valence-corrected chi connectivity index (χ4v) is 5.88. The van der Waals surface area contributed by atoms with Crippen LogP contribution in [0, 0.1) is 24.2 Å². The van der Waals surface area contributed by atoms with Crippen molar-refractivity contribution >= 4 is 34.3 Å². The Morgan fingerprint density at radius 2 is 2.07 bits per heavy atom. The van der Waals surface area contributed by atoms with E-state index < -0.39 is 53.8 Å². The number of aromatic amines is 1. The summed E-state index contributed by atoms with van der Waals surface area (Å²) in [5.74, 6) is -0.782. The van der Waals surface area contributed by atoms with Crippen LogP contribution >= 0.6 is 0 Å². The van der Waals surface area contributed by atoms with E-state index in [0.29, 0.717) is 23.2 Å². The number of pyridine rings is 1. The second kappa shape index (κ2) is 12.4. The quantitative estimate of drug-likeness (QED) is 0.309. The average molecular weight is 645 g/mol. The molecule has 46 heavy (non-hydrogen) atoms. The molecule has 1 aromatic carbocycles. The molecule has 2 fully saturated rings. The van der Waals surface area contributed by atoms with E-state index in [1.807, 2.05) is 13.8 Å². The summed E-state index contributed by atoms with van der Waals surface area (Å²) >= 11 is 0. The Balaban J connectivity index is 1.40. The SMILES string of the molecule is Cc1cc(Nc2nn([C@]3(CC#N)CC[C@@H](C(=O)OCC(C)C)OC3)c3cc[nH]c(=O)c23)ccc1C(=O)N1CCC(O)(C(F)(F)F)C1. The number of rotatable bonds is 8. The van der Waals surface area contributed by atoms with Crippen LogP contribution in [0.3, 0.4) is 0 Å². The number of ether oxygens (including phenoxy) is 2. The molecule has 5 rings (SSSR count). The van der Waals surface area contributed by atoms with E-state index in [2.05, 4.69) is 16.4 Å². The molecule has 2 aromatic heterocycles. The molecule has 246 valence electrons. The lowest BCUT2D eigenvalue weighted by Crippen LogP contribution is -2.48. The lowest BCUT2D eigenvalue weighted by Gasteiger charge is -2.38. The maximum absolute atomic E-state index is 13.3. The van der Waals surface area contributed by atoms with Crippen LogP contribution in [0.5, 0.6) is 0 Å². The number of hydrogen-bond donors (Lipinski definition) is 3. The van der Waals surface area contributed by atoms with E-state index in [0.717, 1.165) is 4.90 Å². The minimum Gasteiger partial charge on any atom is -0.463 e. The lowest BCUT2D eigenvalue weighted by molar-refractivity contribution is -0.253. The molecule has 15 heteroatoms. The van der Waals surface area contributed by atoms with Crippen LogP contribution in [0.15, 0.2) is 35.3 Å². The first-order chi connectivity index (χ1) is 21.7. The number of likely N-dealkylation sites (tertiary alicyclic amines) is 1. The molecule has 2 aliphatic rings. The molecule has 3 N–H and O–H groups in total. The maximum atomic E-state index is 13.3. The summed E-state index contributed by atoms with van der Waals surface area (Å²) < 4.78 is 52.7. The summed E-state index contributed by atoms with van der Waals surface area (Å²) in [5, 5.41) is 27.8. The van der Waals surface area contributed by atoms with Gasteiger partial charge in [0.2, 0.25) is 0 Å². The zero-order valence-corrected chi connectivity index (χ0v) is 25.6. The van der Waals surface area contributed by atoms with Crippen molar-refractivity contribution in [2.45, 2.75) is 69.9 Å². The number of H-pyrrole nitrogens is 1. The van der Waals surface area contributed by atoms with Gasteiger partial charge in [0.1, 0.15) is 5.39 Å². The van der Waals surface area contributed by atoms with Crippen LogP contribution in [0.1, 0.15) is 55.5 Å². The molecule has 3 aromatic rings. The summed E-state index contributed by atoms with van der Waals surface area (Å²) in [4.78, 5) is 42.3. The van der Waals surface area contributed by atoms with Crippen molar-refractivity contribution < 1.29 is 37.3 Å². The number of halogens is 3. The van der Waals surface area contributed by atoms with Gasteiger partial charge in [-0.2, -0.15) is 23.5 Å². The van der Waals surface area contributed by atoms with Gasteiger partial charge in [0.15, 0.2) is 17.5 Å². The molecule has 0 bridgehead atoms. The lowest BCUT2D eigenvalue weighted by atomic mass is 9.87. The number of esters is 1. The molecule has 1 unspecified atom stereocenters. The molecule has 3 atom stereocenters. The number of carbonyl (C=O) groups is 2. The number of carbonyl (C=O) groups excluding carboxylic acids is 2. The van der Waals surface area contributed by atoms with Crippen LogP contribution in [0.25, 0.3) is 10.9 Å². The number of amides is 1. The van der Waals surface area contributed by atoms with Gasteiger partial charge in [-0.25, -0.2) is 4.79 Å². The molecular weight excluding hydrogens is 609 g/mol. The number of benzene rings is 1. The average Bonchev–Trinajstić information content (AvgIpc) is 3.59. The second-order valence-corrected chi connectivity index (χ2v) is 12.4. The first kappa shape index (κ1) is 33.0. The summed E-state index contributed by atoms with van der Waals surface area (Å²) in [7, 11) is 0. The van der Waals surface area contributed by atoms with Gasteiger partial charge in [0.25, 0.3) is 11.5 Å². The molecular formula is C31H35F3N6O6. The third kappa shape index (κ3) is 6.19. The minimum atomic E-state index is -4.86. The number of fused-ring (bicyclic) bond motifs is 1. The third-order valence-electron chi connectivity index (χ3n) is 8.49. The molecule has 2 aliphatic heterocycles. The fourth-order valence-electron chi connectivity index (χ4n) is 5.88. The highest BCUT2D eigenvalue weighted by atomic mass is 19.4. The van der Waals surface area contributed by atoms with Crippen molar-refractivity contribution in [3.63, 3.8) is 0 Å². The highest BCUT2D eigenvalue weighted by Crippen LogP contribution is 2.39. The standard InChI is InChI=1S/C31H35F3N6O6/c1-18(2)15-45-28(43)23-6-8-29(9-11-35,17-46-23)40-22-7-12-36-26(41)24(22)25(38-40)37-20-4-5-21(19(3)14-20)27(42)39-13-10-30(44,16-39)31(32,33)34/h4-5,7,12,14,18,23,44H,6,8-10,13,15-17H2,1-3H3,(H,36,41)(H,37,38)/t23-,29-,30?/m0/s1. The second-order valence-electron chi connectivity index (χ2n) is 12.4. The van der Waals surface area contributed by atoms with Crippen LogP contribution < -0.4 is 10.9 Å². The van der Waals surface area contributed by atoms with Crippen molar-refractivity contribution in [3.05, 3.63) is 51.9 Å². The Kier molecular flexibility index (Phi) is 8.89. The number of β-amino-alcohol motifs (C(OH)–C–C–N with tert-alkyl or cyclic N) is 1. The number of alkyl halides is 3. The first-order valence-corrected chi connectivity index (χ1v) is 14.9. The first-order valence-electron chi connectivity index (χ1n) is 14.9. The predicted octanol–water partition coefficient (Wildman–Crippen LogP) is 3.90. The summed E-state index contributed by atoms with van der Waals surface area (Å²) in [6.07, 6.45) is -4.18. The van der Waals surface area contributed by atoms with Gasteiger partial charge >= 0.3 is 12.1 Å².